The third kappa shape index (κ3) is 21.9. The Morgan fingerprint density at radius 2 is 1.28 bits per heavy atom. The molecule has 0 rings (SSSR count). The van der Waals surface area contributed by atoms with Crippen LogP contribution in [0.25, 0.3) is 0 Å². The van der Waals surface area contributed by atoms with Crippen molar-refractivity contribution in [2.45, 2.75) is 103 Å². The van der Waals surface area contributed by atoms with Crippen molar-refractivity contribution >= 4 is 30.6 Å². The lowest BCUT2D eigenvalue weighted by Gasteiger charge is -2.05. The molecular weight excluding hydrogens is 357 g/mol. The third-order valence-corrected chi connectivity index (χ3v) is 4.28. The van der Waals surface area contributed by atoms with Gasteiger partial charge in [-0.1, -0.05) is 70.4 Å². The molecule has 0 heterocycles. The van der Waals surface area contributed by atoms with Gasteiger partial charge in [0.1, 0.15) is 6.10 Å². The number of unbranched alkanes of at least 4 members (excludes halogenated alkanes) is 11. The topological polar surface area (TPSA) is 63.3 Å². The molecule has 0 bridgehead atoms. The number of hydrogen-bond donors (Lipinski definition) is 2. The minimum Gasteiger partial charge on any atom is -0.384 e. The minimum atomic E-state index is -0.952. The van der Waals surface area contributed by atoms with Crippen molar-refractivity contribution in [3.8, 4) is 0 Å². The van der Waals surface area contributed by atoms with E-state index in [0.717, 1.165) is 12.8 Å². The minimum absolute atomic E-state index is 0. The summed E-state index contributed by atoms with van der Waals surface area (Å²) in [6, 6.07) is 0. The van der Waals surface area contributed by atoms with E-state index in [0.29, 0.717) is 6.42 Å². The summed E-state index contributed by atoms with van der Waals surface area (Å²) in [5, 5.41) is 9.26. The summed E-state index contributed by atoms with van der Waals surface area (Å²) in [6.45, 7) is 2.30. The fourth-order valence-corrected chi connectivity index (χ4v) is 2.67. The molecule has 0 saturated carbocycles. The standard InChI is InChI=1S/C20H39NO2.2ClH/c1-2-3-4-5-6-7-8-9-10-11-12-13-14-15-16-17-19(22)20(23)18-21;;/h9-10,20,23H,2-8,11-18,21H2,1H3;2*1H/b10-9-;;. The molecule has 0 aliphatic rings. The van der Waals surface area contributed by atoms with E-state index in [1.54, 1.807) is 0 Å². The van der Waals surface area contributed by atoms with Crippen LogP contribution >= 0.6 is 24.8 Å². The van der Waals surface area contributed by atoms with Gasteiger partial charge >= 0.3 is 0 Å². The summed E-state index contributed by atoms with van der Waals surface area (Å²) in [7, 11) is 0. The van der Waals surface area contributed by atoms with E-state index >= 15 is 0 Å². The molecule has 0 aromatic rings. The molecule has 0 aromatic carbocycles. The monoisotopic (exact) mass is 397 g/mol. The Bertz CT molecular complexity index is 299. The van der Waals surface area contributed by atoms with Crippen LogP contribution in [0.2, 0.25) is 0 Å². The molecule has 0 aromatic heterocycles. The Kier molecular flexibility index (Phi) is 28.4. The van der Waals surface area contributed by atoms with Crippen molar-refractivity contribution in [2.24, 2.45) is 5.73 Å². The highest BCUT2D eigenvalue weighted by Gasteiger charge is 2.11. The lowest BCUT2D eigenvalue weighted by molar-refractivity contribution is -0.126. The number of Topliss-reactive ketones (excluding diaryl/α,β-unsaturated/α-hetero) is 1. The zero-order chi connectivity index (χ0) is 17.2. The summed E-state index contributed by atoms with van der Waals surface area (Å²) in [4.78, 5) is 11.4. The Morgan fingerprint density at radius 3 is 1.76 bits per heavy atom. The summed E-state index contributed by atoms with van der Waals surface area (Å²) < 4.78 is 0. The second-order valence-electron chi connectivity index (χ2n) is 6.55. The molecule has 0 aliphatic carbocycles. The molecule has 3 nitrogen and oxygen atoms in total. The first-order valence-corrected chi connectivity index (χ1v) is 9.78. The number of aliphatic hydroxyl groups excluding tert-OH is 1. The molecule has 0 spiro atoms. The van der Waals surface area contributed by atoms with E-state index in [1.807, 2.05) is 0 Å². The highest BCUT2D eigenvalue weighted by Crippen LogP contribution is 2.10. The van der Waals surface area contributed by atoms with Crippen LogP contribution in [-0.4, -0.2) is 23.5 Å². The van der Waals surface area contributed by atoms with Crippen LogP contribution in [0.3, 0.4) is 0 Å². The second kappa shape index (κ2) is 23.9. The van der Waals surface area contributed by atoms with Crippen molar-refractivity contribution in [1.29, 1.82) is 0 Å². The van der Waals surface area contributed by atoms with Crippen LogP contribution < -0.4 is 5.73 Å². The number of allylic oxidation sites excluding steroid dienone is 2. The highest BCUT2D eigenvalue weighted by atomic mass is 35.5. The van der Waals surface area contributed by atoms with Crippen LogP contribution in [0.5, 0.6) is 0 Å². The Labute approximate surface area is 168 Å². The van der Waals surface area contributed by atoms with Gasteiger partial charge in [-0.3, -0.25) is 4.79 Å². The molecular formula is C20H41Cl2NO2. The summed E-state index contributed by atoms with van der Waals surface area (Å²) >= 11 is 0. The van der Waals surface area contributed by atoms with Crippen molar-refractivity contribution < 1.29 is 9.90 Å². The first-order chi connectivity index (χ1) is 11.2. The number of aliphatic hydroxyl groups is 1. The summed E-state index contributed by atoms with van der Waals surface area (Å²) in [6.07, 6.45) is 20.4. The van der Waals surface area contributed by atoms with Crippen molar-refractivity contribution in [3.63, 3.8) is 0 Å². The fraction of sp³-hybridized carbons (Fsp3) is 0.850. The van der Waals surface area contributed by atoms with Gasteiger partial charge in [0.25, 0.3) is 0 Å². The van der Waals surface area contributed by atoms with Gasteiger partial charge in [0.15, 0.2) is 5.78 Å². The van der Waals surface area contributed by atoms with E-state index in [-0.39, 0.29) is 37.1 Å². The quantitative estimate of drug-likeness (QED) is 0.242. The SMILES string of the molecule is CCCCCCCC/C=C\CCCCCCCC(=O)C(O)CN.Cl.Cl. The van der Waals surface area contributed by atoms with Crippen LogP contribution in [0.1, 0.15) is 96.8 Å². The number of rotatable bonds is 17. The van der Waals surface area contributed by atoms with E-state index in [2.05, 4.69) is 19.1 Å². The number of nitrogens with two attached hydrogens (primary N) is 1. The molecule has 5 heteroatoms. The molecule has 152 valence electrons. The molecule has 1 atom stereocenters. The van der Waals surface area contributed by atoms with Crippen LogP contribution in [0.4, 0.5) is 0 Å². The molecule has 0 radical (unpaired) electrons. The van der Waals surface area contributed by atoms with Gasteiger partial charge in [0.2, 0.25) is 0 Å². The van der Waals surface area contributed by atoms with Gasteiger partial charge in [0, 0.05) is 13.0 Å². The zero-order valence-electron chi connectivity index (χ0n) is 16.1. The molecule has 0 aliphatic heterocycles. The van der Waals surface area contributed by atoms with Gasteiger partial charge in [-0.05, 0) is 32.1 Å². The smallest absolute Gasteiger partial charge is 0.162 e. The van der Waals surface area contributed by atoms with Crippen LogP contribution in [0, 0.1) is 0 Å². The molecule has 1 unspecified atom stereocenters. The Balaban J connectivity index is -0.00000242. The summed E-state index contributed by atoms with van der Waals surface area (Å²) in [5.74, 6) is -0.106. The summed E-state index contributed by atoms with van der Waals surface area (Å²) in [5.41, 5.74) is 5.25. The van der Waals surface area contributed by atoms with E-state index in [1.165, 1.54) is 70.6 Å². The lowest BCUT2D eigenvalue weighted by Crippen LogP contribution is -2.28. The normalized spacial score (nSPS) is 11.8. The third-order valence-electron chi connectivity index (χ3n) is 4.28. The lowest BCUT2D eigenvalue weighted by atomic mass is 10.0. The van der Waals surface area contributed by atoms with E-state index in [9.17, 15) is 9.90 Å². The van der Waals surface area contributed by atoms with Gasteiger partial charge in [-0.25, -0.2) is 0 Å². The number of ketones is 1. The maximum Gasteiger partial charge on any atom is 0.162 e. The number of halogens is 2. The molecule has 0 fully saturated rings. The van der Waals surface area contributed by atoms with Gasteiger partial charge in [-0.15, -0.1) is 24.8 Å². The Morgan fingerprint density at radius 1 is 0.840 bits per heavy atom. The van der Waals surface area contributed by atoms with Crippen LogP contribution in [-0.2, 0) is 4.79 Å². The van der Waals surface area contributed by atoms with Gasteiger partial charge in [-0.2, -0.15) is 0 Å². The van der Waals surface area contributed by atoms with Gasteiger partial charge < -0.3 is 10.8 Å². The predicted octanol–water partition coefficient (Wildman–Crippen LogP) is 5.76. The molecule has 25 heavy (non-hydrogen) atoms. The van der Waals surface area contributed by atoms with E-state index in [4.69, 9.17) is 5.73 Å². The predicted molar refractivity (Wildman–Crippen MR) is 114 cm³/mol. The maximum absolute atomic E-state index is 11.4. The maximum atomic E-state index is 11.4. The van der Waals surface area contributed by atoms with Crippen molar-refractivity contribution in [1.82, 2.24) is 0 Å². The van der Waals surface area contributed by atoms with Gasteiger partial charge in [0.05, 0.1) is 0 Å². The fourth-order valence-electron chi connectivity index (χ4n) is 2.67. The Hall–Kier alpha value is -0.0900. The molecule has 0 amide bonds. The first-order valence-electron chi connectivity index (χ1n) is 9.78. The molecule has 0 saturated heterocycles. The van der Waals surface area contributed by atoms with Crippen molar-refractivity contribution in [3.05, 3.63) is 12.2 Å². The average molecular weight is 398 g/mol. The number of hydrogen-bond acceptors (Lipinski definition) is 3. The molecule has 3 N–H and O–H groups in total. The number of carbonyl (C=O) groups is 1. The zero-order valence-corrected chi connectivity index (χ0v) is 17.7. The number of carbonyl (C=O) groups excluding carboxylic acids is 1. The largest absolute Gasteiger partial charge is 0.384 e. The highest BCUT2D eigenvalue weighted by molar-refractivity contribution is 5.85. The van der Waals surface area contributed by atoms with Crippen molar-refractivity contribution in [2.75, 3.05) is 6.54 Å². The second-order valence-corrected chi connectivity index (χ2v) is 6.55. The average Bonchev–Trinajstić information content (AvgIpc) is 2.57. The first kappa shape index (κ1) is 29.7. The van der Waals surface area contributed by atoms with E-state index < -0.39 is 6.10 Å². The van der Waals surface area contributed by atoms with Crippen LogP contribution in [0.15, 0.2) is 12.2 Å².